The third-order valence-electron chi connectivity index (χ3n) is 3.46. The van der Waals surface area contributed by atoms with E-state index in [1.54, 1.807) is 6.92 Å². The molecule has 7 heteroatoms. The summed E-state index contributed by atoms with van der Waals surface area (Å²) in [6, 6.07) is 0.0415. The lowest BCUT2D eigenvalue weighted by Gasteiger charge is -2.26. The van der Waals surface area contributed by atoms with Crippen molar-refractivity contribution in [1.82, 2.24) is 15.2 Å². The molecule has 2 N–H and O–H groups in total. The Labute approximate surface area is 128 Å². The van der Waals surface area contributed by atoms with Gasteiger partial charge in [0.05, 0.1) is 12.2 Å². The summed E-state index contributed by atoms with van der Waals surface area (Å²) in [6.07, 6.45) is 2.40. The second-order valence-corrected chi connectivity index (χ2v) is 6.76. The molecule has 0 aliphatic heterocycles. The van der Waals surface area contributed by atoms with Crippen molar-refractivity contribution < 1.29 is 14.7 Å². The van der Waals surface area contributed by atoms with Crippen LogP contribution in [0.3, 0.4) is 0 Å². The van der Waals surface area contributed by atoms with Crippen molar-refractivity contribution in [2.75, 3.05) is 6.54 Å². The summed E-state index contributed by atoms with van der Waals surface area (Å²) in [5, 5.41) is 12.5. The van der Waals surface area contributed by atoms with Crippen LogP contribution < -0.4 is 5.32 Å². The number of hydrogen-bond acceptors (Lipinski definition) is 4. The van der Waals surface area contributed by atoms with Crippen LogP contribution in [0.4, 0.5) is 4.79 Å². The number of amides is 2. The monoisotopic (exact) mass is 311 g/mol. The lowest BCUT2D eigenvalue weighted by atomic mass is 10.3. The molecule has 2 rings (SSSR count). The van der Waals surface area contributed by atoms with Crippen molar-refractivity contribution in [1.29, 1.82) is 0 Å². The molecule has 2 amide bonds. The van der Waals surface area contributed by atoms with Crippen LogP contribution in [0, 0.1) is 12.8 Å². The molecular weight excluding hydrogens is 290 g/mol. The first-order valence-corrected chi connectivity index (χ1v) is 7.94. The maximum atomic E-state index is 12.2. The van der Waals surface area contributed by atoms with Gasteiger partial charge >= 0.3 is 12.0 Å². The van der Waals surface area contributed by atoms with Crippen LogP contribution >= 0.6 is 11.3 Å². The van der Waals surface area contributed by atoms with E-state index in [1.165, 1.54) is 12.8 Å². The number of aromatic nitrogens is 1. The first-order chi connectivity index (χ1) is 9.88. The van der Waals surface area contributed by atoms with Crippen molar-refractivity contribution in [3.8, 4) is 0 Å². The maximum Gasteiger partial charge on any atom is 0.347 e. The third-order valence-corrected chi connectivity index (χ3v) is 4.61. The fourth-order valence-electron chi connectivity index (χ4n) is 2.09. The number of carbonyl (C=O) groups is 2. The van der Waals surface area contributed by atoms with E-state index in [9.17, 15) is 9.59 Å². The summed E-state index contributed by atoms with van der Waals surface area (Å²) in [4.78, 5) is 29.4. The van der Waals surface area contributed by atoms with E-state index in [2.05, 4.69) is 10.3 Å². The van der Waals surface area contributed by atoms with Gasteiger partial charge in [0.1, 0.15) is 9.88 Å². The second-order valence-electron chi connectivity index (χ2n) is 5.68. The molecule has 1 fully saturated rings. The van der Waals surface area contributed by atoms with Gasteiger partial charge in [0.25, 0.3) is 0 Å². The lowest BCUT2D eigenvalue weighted by molar-refractivity contribution is 0.0701. The first-order valence-electron chi connectivity index (χ1n) is 7.12. The number of nitrogens with zero attached hydrogens (tertiary/aromatic N) is 2. The molecule has 1 aromatic heterocycles. The van der Waals surface area contributed by atoms with Gasteiger partial charge in [0.15, 0.2) is 0 Å². The second kappa shape index (κ2) is 6.43. The van der Waals surface area contributed by atoms with Crippen LogP contribution in [0.1, 0.15) is 47.1 Å². The van der Waals surface area contributed by atoms with E-state index in [-0.39, 0.29) is 23.5 Å². The summed E-state index contributed by atoms with van der Waals surface area (Å²) < 4.78 is 0. The average molecular weight is 311 g/mol. The third kappa shape index (κ3) is 4.17. The van der Waals surface area contributed by atoms with Crippen molar-refractivity contribution in [3.05, 3.63) is 15.6 Å². The van der Waals surface area contributed by atoms with E-state index < -0.39 is 5.97 Å². The Morgan fingerprint density at radius 3 is 2.62 bits per heavy atom. The molecule has 1 aliphatic carbocycles. The fraction of sp³-hybridized carbons (Fsp3) is 0.643. The number of rotatable bonds is 6. The van der Waals surface area contributed by atoms with Gasteiger partial charge in [-0.1, -0.05) is 0 Å². The topological polar surface area (TPSA) is 82.5 Å². The van der Waals surface area contributed by atoms with E-state index >= 15 is 0 Å². The molecule has 0 radical (unpaired) electrons. The van der Waals surface area contributed by atoms with Gasteiger partial charge in [-0.05, 0) is 39.5 Å². The highest BCUT2D eigenvalue weighted by molar-refractivity contribution is 7.13. The molecule has 1 aliphatic rings. The Bertz CT molecular complexity index is 538. The maximum absolute atomic E-state index is 12.2. The normalized spacial score (nSPS) is 14.3. The van der Waals surface area contributed by atoms with Crippen LogP contribution in [0.25, 0.3) is 0 Å². The van der Waals surface area contributed by atoms with E-state index in [4.69, 9.17) is 5.11 Å². The molecule has 0 unspecified atom stereocenters. The number of carboxylic acid groups (broad SMARTS) is 1. The smallest absolute Gasteiger partial charge is 0.347 e. The zero-order chi connectivity index (χ0) is 15.6. The molecule has 0 aromatic carbocycles. The number of aromatic carboxylic acids is 1. The van der Waals surface area contributed by atoms with Crippen molar-refractivity contribution in [3.63, 3.8) is 0 Å². The van der Waals surface area contributed by atoms with Gasteiger partial charge in [0.2, 0.25) is 0 Å². The Morgan fingerprint density at radius 1 is 1.48 bits per heavy atom. The molecule has 1 heterocycles. The summed E-state index contributed by atoms with van der Waals surface area (Å²) in [5.74, 6) is -0.334. The van der Waals surface area contributed by atoms with Gasteiger partial charge in [-0.25, -0.2) is 14.6 Å². The minimum atomic E-state index is -0.972. The number of aryl methyl sites for hydroxylation is 1. The number of thiazole rings is 1. The predicted molar refractivity (Wildman–Crippen MR) is 80.6 cm³/mol. The van der Waals surface area contributed by atoms with E-state index in [0.717, 1.165) is 17.9 Å². The van der Waals surface area contributed by atoms with Crippen molar-refractivity contribution in [2.45, 2.75) is 46.2 Å². The molecule has 0 saturated heterocycles. The van der Waals surface area contributed by atoms with Crippen LogP contribution in [-0.4, -0.2) is 39.6 Å². The zero-order valence-corrected chi connectivity index (χ0v) is 13.4. The number of carboxylic acids is 1. The number of carbonyl (C=O) groups excluding carboxylic acids is 1. The van der Waals surface area contributed by atoms with Crippen LogP contribution in [0.15, 0.2) is 0 Å². The van der Waals surface area contributed by atoms with Gasteiger partial charge in [-0.3, -0.25) is 0 Å². The summed E-state index contributed by atoms with van der Waals surface area (Å²) >= 11 is 1.11. The Hall–Kier alpha value is -1.63. The van der Waals surface area contributed by atoms with Gasteiger partial charge in [-0.15, -0.1) is 11.3 Å². The predicted octanol–water partition coefficient (Wildman–Crippen LogP) is 2.48. The number of nitrogens with one attached hydrogen (secondary N) is 1. The van der Waals surface area contributed by atoms with Crippen LogP contribution in [0.2, 0.25) is 0 Å². The Morgan fingerprint density at radius 2 is 2.14 bits per heavy atom. The molecule has 116 valence electrons. The highest BCUT2D eigenvalue weighted by Gasteiger charge is 2.28. The summed E-state index contributed by atoms with van der Waals surface area (Å²) in [7, 11) is 0. The highest BCUT2D eigenvalue weighted by atomic mass is 32.1. The van der Waals surface area contributed by atoms with Gasteiger partial charge < -0.3 is 15.3 Å². The largest absolute Gasteiger partial charge is 0.477 e. The molecule has 1 aromatic rings. The lowest BCUT2D eigenvalue weighted by Crippen LogP contribution is -2.44. The fourth-order valence-corrected chi connectivity index (χ4v) is 2.93. The minimum absolute atomic E-state index is 0.110. The average Bonchev–Trinajstić information content (AvgIpc) is 3.14. The summed E-state index contributed by atoms with van der Waals surface area (Å²) in [6.45, 7) is 6.72. The number of urea groups is 1. The zero-order valence-electron chi connectivity index (χ0n) is 12.5. The molecule has 0 bridgehead atoms. The van der Waals surface area contributed by atoms with Crippen LogP contribution in [-0.2, 0) is 6.54 Å². The Kier molecular flexibility index (Phi) is 4.82. The SMILES string of the molecule is Cc1nc(CNC(=O)N(CC2CC2)C(C)C)sc1C(=O)O. The summed E-state index contributed by atoms with van der Waals surface area (Å²) in [5.41, 5.74) is 0.496. The molecule has 1 saturated carbocycles. The quantitative estimate of drug-likeness (QED) is 0.845. The molecule has 0 atom stereocenters. The standard InChI is InChI=1S/C14H21N3O3S/c1-8(2)17(7-10-4-5-10)14(20)15-6-11-16-9(3)12(21-11)13(18)19/h8,10H,4-7H2,1-3H3,(H,15,20)(H,18,19). The minimum Gasteiger partial charge on any atom is -0.477 e. The van der Waals surface area contributed by atoms with E-state index in [0.29, 0.717) is 16.6 Å². The molecule has 0 spiro atoms. The number of hydrogen-bond donors (Lipinski definition) is 2. The van der Waals surface area contributed by atoms with Crippen molar-refractivity contribution >= 4 is 23.3 Å². The highest BCUT2D eigenvalue weighted by Crippen LogP contribution is 2.30. The van der Waals surface area contributed by atoms with Crippen molar-refractivity contribution in [2.24, 2.45) is 5.92 Å². The van der Waals surface area contributed by atoms with Crippen LogP contribution in [0.5, 0.6) is 0 Å². The van der Waals surface area contributed by atoms with Gasteiger partial charge in [-0.2, -0.15) is 0 Å². The van der Waals surface area contributed by atoms with Gasteiger partial charge in [0, 0.05) is 12.6 Å². The molecule has 21 heavy (non-hydrogen) atoms. The molecular formula is C14H21N3O3S. The molecule has 6 nitrogen and oxygen atoms in total. The first kappa shape index (κ1) is 15.8. The van der Waals surface area contributed by atoms with E-state index in [1.807, 2.05) is 18.7 Å². The Balaban J connectivity index is 1.92.